The van der Waals surface area contributed by atoms with Crippen LogP contribution in [-0.2, 0) is 10.0 Å². The van der Waals surface area contributed by atoms with E-state index in [1.54, 1.807) is 4.31 Å². The molecule has 1 rings (SSSR count). The number of likely N-dealkylation sites (N-methyl/N-ethyl adjacent to an activating group) is 1. The molecule has 0 aliphatic carbocycles. The molecule has 0 aromatic heterocycles. The van der Waals surface area contributed by atoms with Gasteiger partial charge in [-0.25, -0.2) is 8.42 Å². The number of nitrogens with zero attached hydrogens (tertiary/aromatic N) is 2. The fourth-order valence-corrected chi connectivity index (χ4v) is 4.23. The minimum atomic E-state index is -3.07. The van der Waals surface area contributed by atoms with E-state index in [0.29, 0.717) is 13.0 Å². The van der Waals surface area contributed by atoms with E-state index in [0.717, 1.165) is 32.5 Å². The molecule has 18 heavy (non-hydrogen) atoms. The van der Waals surface area contributed by atoms with Crippen LogP contribution in [0.15, 0.2) is 0 Å². The molecule has 1 atom stereocenters. The first-order valence-corrected chi connectivity index (χ1v) is 8.43. The molecular formula is C12H27N3O2S. The van der Waals surface area contributed by atoms with Crippen molar-refractivity contribution in [2.75, 3.05) is 46.0 Å². The number of sulfonamides is 1. The summed E-state index contributed by atoms with van der Waals surface area (Å²) in [6, 6.07) is 0.170. The second-order valence-corrected chi connectivity index (χ2v) is 7.23. The van der Waals surface area contributed by atoms with Crippen LogP contribution in [0.25, 0.3) is 0 Å². The maximum absolute atomic E-state index is 12.3. The Morgan fingerprint density at radius 3 is 2.72 bits per heavy atom. The van der Waals surface area contributed by atoms with Crippen molar-refractivity contribution in [3.05, 3.63) is 0 Å². The molecule has 1 saturated heterocycles. The topological polar surface area (TPSA) is 52.7 Å². The van der Waals surface area contributed by atoms with Crippen LogP contribution < -0.4 is 5.32 Å². The van der Waals surface area contributed by atoms with E-state index < -0.39 is 10.0 Å². The molecule has 0 aromatic rings. The highest BCUT2D eigenvalue weighted by molar-refractivity contribution is 7.89. The normalized spacial score (nSPS) is 21.9. The zero-order valence-corrected chi connectivity index (χ0v) is 12.7. The van der Waals surface area contributed by atoms with Gasteiger partial charge in [0, 0.05) is 19.1 Å². The molecule has 0 spiro atoms. The van der Waals surface area contributed by atoms with Gasteiger partial charge in [-0.2, -0.15) is 4.31 Å². The van der Waals surface area contributed by atoms with Crippen LogP contribution in [0.3, 0.4) is 0 Å². The van der Waals surface area contributed by atoms with Crippen LogP contribution in [0.5, 0.6) is 0 Å². The number of rotatable bonds is 8. The minimum Gasteiger partial charge on any atom is -0.317 e. The van der Waals surface area contributed by atoms with Gasteiger partial charge in [-0.15, -0.1) is 0 Å². The average Bonchev–Trinajstić information content (AvgIpc) is 2.72. The van der Waals surface area contributed by atoms with Crippen molar-refractivity contribution in [1.29, 1.82) is 0 Å². The zero-order valence-electron chi connectivity index (χ0n) is 11.9. The second-order valence-electron chi connectivity index (χ2n) is 5.19. The lowest BCUT2D eigenvalue weighted by Gasteiger charge is -2.26. The van der Waals surface area contributed by atoms with Crippen molar-refractivity contribution in [3.8, 4) is 0 Å². The number of nitrogens with one attached hydrogen (secondary N) is 1. The van der Waals surface area contributed by atoms with E-state index in [1.807, 2.05) is 21.0 Å². The van der Waals surface area contributed by atoms with Gasteiger partial charge < -0.3 is 10.2 Å². The molecular weight excluding hydrogens is 250 g/mol. The van der Waals surface area contributed by atoms with E-state index in [9.17, 15) is 8.42 Å². The maximum Gasteiger partial charge on any atom is 0.214 e. The lowest BCUT2D eigenvalue weighted by molar-refractivity contribution is 0.291. The van der Waals surface area contributed by atoms with Crippen molar-refractivity contribution >= 4 is 10.0 Å². The van der Waals surface area contributed by atoms with Crippen LogP contribution in [0, 0.1) is 0 Å². The first-order chi connectivity index (χ1) is 8.47. The van der Waals surface area contributed by atoms with E-state index in [4.69, 9.17) is 0 Å². The summed E-state index contributed by atoms with van der Waals surface area (Å²) in [5, 5.41) is 3.16. The van der Waals surface area contributed by atoms with E-state index in [-0.39, 0.29) is 11.8 Å². The Morgan fingerprint density at radius 2 is 2.11 bits per heavy atom. The second kappa shape index (κ2) is 7.43. The molecule has 0 bridgehead atoms. The first-order valence-electron chi connectivity index (χ1n) is 6.82. The van der Waals surface area contributed by atoms with Crippen LogP contribution in [-0.4, -0.2) is 69.7 Å². The van der Waals surface area contributed by atoms with Crippen molar-refractivity contribution in [1.82, 2.24) is 14.5 Å². The predicted molar refractivity (Wildman–Crippen MR) is 75.2 cm³/mol. The summed E-state index contributed by atoms with van der Waals surface area (Å²) in [6.07, 6.45) is 2.68. The number of hydrogen-bond acceptors (Lipinski definition) is 4. The standard InChI is InChI=1S/C12H27N3O2S/c1-4-13-8-6-10-18(16,17)15-9-5-7-12(15)11-14(2)3/h12-13H,4-11H2,1-3H3. The SMILES string of the molecule is CCNCCCS(=O)(=O)N1CCCC1CN(C)C. The Balaban J connectivity index is 2.49. The minimum absolute atomic E-state index is 0.170. The summed E-state index contributed by atoms with van der Waals surface area (Å²) in [4.78, 5) is 2.07. The Bertz CT molecular complexity index is 330. The Morgan fingerprint density at radius 1 is 1.39 bits per heavy atom. The molecule has 0 amide bonds. The van der Waals surface area contributed by atoms with Crippen molar-refractivity contribution in [3.63, 3.8) is 0 Å². The first kappa shape index (κ1) is 15.9. The third-order valence-electron chi connectivity index (χ3n) is 3.26. The highest BCUT2D eigenvalue weighted by atomic mass is 32.2. The zero-order chi connectivity index (χ0) is 13.6. The van der Waals surface area contributed by atoms with Gasteiger partial charge in [0.2, 0.25) is 10.0 Å². The molecule has 1 aliphatic heterocycles. The van der Waals surface area contributed by atoms with Gasteiger partial charge in [-0.3, -0.25) is 0 Å². The quantitative estimate of drug-likeness (QED) is 0.650. The van der Waals surface area contributed by atoms with Crippen molar-refractivity contribution in [2.45, 2.75) is 32.2 Å². The largest absolute Gasteiger partial charge is 0.317 e. The molecule has 108 valence electrons. The summed E-state index contributed by atoms with van der Waals surface area (Å²) in [5.41, 5.74) is 0. The van der Waals surface area contributed by atoms with Gasteiger partial charge in [0.25, 0.3) is 0 Å². The molecule has 1 N–H and O–H groups in total. The van der Waals surface area contributed by atoms with Gasteiger partial charge in [0.05, 0.1) is 5.75 Å². The fourth-order valence-electron chi connectivity index (χ4n) is 2.45. The van der Waals surface area contributed by atoms with Crippen molar-refractivity contribution < 1.29 is 8.42 Å². The van der Waals surface area contributed by atoms with Gasteiger partial charge in [-0.1, -0.05) is 6.92 Å². The highest BCUT2D eigenvalue weighted by Gasteiger charge is 2.33. The summed E-state index contributed by atoms with van der Waals surface area (Å²) < 4.78 is 26.3. The van der Waals surface area contributed by atoms with Crippen LogP contribution in [0.1, 0.15) is 26.2 Å². The molecule has 1 heterocycles. The molecule has 5 nitrogen and oxygen atoms in total. The van der Waals surface area contributed by atoms with Crippen LogP contribution in [0.2, 0.25) is 0 Å². The summed E-state index contributed by atoms with van der Waals surface area (Å²) in [7, 11) is 0.920. The Labute approximate surface area is 112 Å². The Hall–Kier alpha value is -0.170. The monoisotopic (exact) mass is 277 g/mol. The van der Waals surface area contributed by atoms with Gasteiger partial charge in [0.1, 0.15) is 0 Å². The van der Waals surface area contributed by atoms with E-state index in [2.05, 4.69) is 10.2 Å². The Kier molecular flexibility index (Phi) is 6.55. The average molecular weight is 277 g/mol. The van der Waals surface area contributed by atoms with Gasteiger partial charge >= 0.3 is 0 Å². The predicted octanol–water partition coefficient (Wildman–Crippen LogP) is 0.342. The van der Waals surface area contributed by atoms with Gasteiger partial charge in [-0.05, 0) is 46.4 Å². The number of hydrogen-bond donors (Lipinski definition) is 1. The fraction of sp³-hybridized carbons (Fsp3) is 1.00. The van der Waals surface area contributed by atoms with Crippen LogP contribution in [0.4, 0.5) is 0 Å². The lowest BCUT2D eigenvalue weighted by Crippen LogP contribution is -2.42. The molecule has 0 radical (unpaired) electrons. The van der Waals surface area contributed by atoms with E-state index in [1.165, 1.54) is 0 Å². The van der Waals surface area contributed by atoms with E-state index >= 15 is 0 Å². The third kappa shape index (κ3) is 4.84. The molecule has 1 unspecified atom stereocenters. The summed E-state index contributed by atoms with van der Waals surface area (Å²) in [6.45, 7) is 5.23. The third-order valence-corrected chi connectivity index (χ3v) is 5.26. The highest BCUT2D eigenvalue weighted by Crippen LogP contribution is 2.22. The van der Waals surface area contributed by atoms with Crippen LogP contribution >= 0.6 is 0 Å². The molecule has 6 heteroatoms. The summed E-state index contributed by atoms with van der Waals surface area (Å²) >= 11 is 0. The molecule has 1 fully saturated rings. The summed E-state index contributed by atoms with van der Waals surface area (Å²) in [5.74, 6) is 0.268. The molecule has 1 aliphatic rings. The smallest absolute Gasteiger partial charge is 0.214 e. The van der Waals surface area contributed by atoms with Gasteiger partial charge in [0.15, 0.2) is 0 Å². The lowest BCUT2D eigenvalue weighted by atomic mass is 10.2. The van der Waals surface area contributed by atoms with Crippen molar-refractivity contribution in [2.24, 2.45) is 0 Å². The molecule has 0 saturated carbocycles. The molecule has 0 aromatic carbocycles. The maximum atomic E-state index is 12.3.